The Kier molecular flexibility index (Phi) is 5.49. The molecule has 2 aromatic heterocycles. The third-order valence-electron chi connectivity index (χ3n) is 5.17. The molecule has 1 N–H and O–H groups in total. The van der Waals surface area contributed by atoms with Crippen molar-refractivity contribution in [2.24, 2.45) is 0 Å². The molecule has 0 aliphatic carbocycles. The zero-order valence-corrected chi connectivity index (χ0v) is 17.1. The maximum Gasteiger partial charge on any atom is 0.357 e. The van der Waals surface area contributed by atoms with E-state index in [4.69, 9.17) is 9.47 Å². The number of H-pyrrole nitrogens is 1. The Morgan fingerprint density at radius 3 is 2.62 bits per heavy atom. The van der Waals surface area contributed by atoms with Gasteiger partial charge in [-0.1, -0.05) is 26.0 Å². The van der Waals surface area contributed by atoms with Gasteiger partial charge in [0.1, 0.15) is 0 Å². The highest BCUT2D eigenvalue weighted by Crippen LogP contribution is 2.34. The number of fused-ring (bicyclic) bond motifs is 1. The Morgan fingerprint density at radius 2 is 1.97 bits per heavy atom. The molecule has 1 aliphatic rings. The number of anilines is 1. The maximum atomic E-state index is 12.3. The number of aromatic nitrogens is 3. The smallest absolute Gasteiger partial charge is 0.357 e. The Hall–Kier alpha value is -2.93. The van der Waals surface area contributed by atoms with E-state index in [1.54, 1.807) is 6.92 Å². The van der Waals surface area contributed by atoms with Crippen LogP contribution >= 0.6 is 0 Å². The molecule has 4 rings (SSSR count). The highest BCUT2D eigenvalue weighted by atomic mass is 16.5. The van der Waals surface area contributed by atoms with E-state index in [2.05, 4.69) is 58.2 Å². The molecule has 152 valence electrons. The van der Waals surface area contributed by atoms with Gasteiger partial charge in [0.15, 0.2) is 11.3 Å². The molecule has 1 saturated heterocycles. The number of nitrogens with zero attached hydrogens (tertiary/aromatic N) is 3. The average molecular weight is 394 g/mol. The molecule has 3 heterocycles. The van der Waals surface area contributed by atoms with Crippen molar-refractivity contribution in [3.05, 3.63) is 41.7 Å². The minimum Gasteiger partial charge on any atom is -0.461 e. The molecule has 0 radical (unpaired) electrons. The van der Waals surface area contributed by atoms with Crippen LogP contribution in [0.15, 0.2) is 30.3 Å². The summed E-state index contributed by atoms with van der Waals surface area (Å²) in [7, 11) is 0. The van der Waals surface area contributed by atoms with Crippen LogP contribution in [-0.2, 0) is 9.47 Å². The minimum absolute atomic E-state index is 0.251. The maximum absolute atomic E-state index is 12.3. The van der Waals surface area contributed by atoms with E-state index in [0.29, 0.717) is 12.3 Å². The van der Waals surface area contributed by atoms with Crippen LogP contribution in [0.4, 0.5) is 5.69 Å². The number of ether oxygens (including phenoxy) is 2. The normalized spacial score (nSPS) is 14.6. The lowest BCUT2D eigenvalue weighted by Gasteiger charge is -2.29. The molecule has 0 atom stereocenters. The van der Waals surface area contributed by atoms with E-state index in [-0.39, 0.29) is 11.6 Å². The molecule has 1 aromatic carbocycles. The number of benzene rings is 1. The monoisotopic (exact) mass is 394 g/mol. The summed E-state index contributed by atoms with van der Waals surface area (Å²) in [5.41, 5.74) is 4.94. The average Bonchev–Trinajstić information content (AvgIpc) is 3.18. The first kappa shape index (κ1) is 19.4. The lowest BCUT2D eigenvalue weighted by molar-refractivity contribution is 0.0520. The number of hydrogen-bond donors (Lipinski definition) is 1. The number of pyridine rings is 1. The van der Waals surface area contributed by atoms with Crippen LogP contribution in [0, 0.1) is 0 Å². The summed E-state index contributed by atoms with van der Waals surface area (Å²) in [5, 5.41) is 8.40. The topological polar surface area (TPSA) is 80.3 Å². The molecule has 0 unspecified atom stereocenters. The molecule has 29 heavy (non-hydrogen) atoms. The van der Waals surface area contributed by atoms with E-state index in [9.17, 15) is 4.79 Å². The third kappa shape index (κ3) is 3.82. The van der Waals surface area contributed by atoms with Crippen molar-refractivity contribution in [1.29, 1.82) is 0 Å². The number of nitrogens with one attached hydrogen (secondary N) is 1. The number of carbonyl (C=O) groups excluding carboxylic acids is 1. The fraction of sp³-hybridized carbons (Fsp3) is 0.409. The van der Waals surface area contributed by atoms with Gasteiger partial charge in [-0.05, 0) is 42.2 Å². The predicted octanol–water partition coefficient (Wildman–Crippen LogP) is 3.76. The standard InChI is InChI=1S/C22H26N4O3/c1-4-29-22(27)18-13-17(19-20(14(2)3)24-25-21(19)23-18)15-5-7-16(8-6-15)26-9-11-28-12-10-26/h5-8,13-14H,4,9-12H2,1-3H3,(H,23,24,25). The molecule has 3 aromatic rings. The van der Waals surface area contributed by atoms with Crippen molar-refractivity contribution in [2.45, 2.75) is 26.7 Å². The van der Waals surface area contributed by atoms with Crippen LogP contribution in [-0.4, -0.2) is 54.1 Å². The van der Waals surface area contributed by atoms with Gasteiger partial charge in [0.25, 0.3) is 0 Å². The number of morpholine rings is 1. The zero-order chi connectivity index (χ0) is 20.4. The van der Waals surface area contributed by atoms with Gasteiger partial charge in [-0.2, -0.15) is 5.10 Å². The molecule has 0 bridgehead atoms. The third-order valence-corrected chi connectivity index (χ3v) is 5.17. The molecule has 0 saturated carbocycles. The second kappa shape index (κ2) is 8.21. The number of carbonyl (C=O) groups is 1. The van der Waals surface area contributed by atoms with Gasteiger partial charge >= 0.3 is 5.97 Å². The summed E-state index contributed by atoms with van der Waals surface area (Å²) in [4.78, 5) is 19.1. The predicted molar refractivity (Wildman–Crippen MR) is 112 cm³/mol. The first-order valence-electron chi connectivity index (χ1n) is 10.1. The van der Waals surface area contributed by atoms with Crippen LogP contribution in [0.1, 0.15) is 42.9 Å². The number of rotatable bonds is 5. The quantitative estimate of drug-likeness (QED) is 0.664. The summed E-state index contributed by atoms with van der Waals surface area (Å²) in [5.74, 6) is -0.184. The fourth-order valence-electron chi connectivity index (χ4n) is 3.68. The van der Waals surface area contributed by atoms with E-state index < -0.39 is 5.97 Å². The van der Waals surface area contributed by atoms with Gasteiger partial charge in [-0.15, -0.1) is 0 Å². The molecular weight excluding hydrogens is 368 g/mol. The van der Waals surface area contributed by atoms with Crippen molar-refractivity contribution < 1.29 is 14.3 Å². The first-order valence-corrected chi connectivity index (χ1v) is 10.1. The SMILES string of the molecule is CCOC(=O)c1cc(-c2ccc(N3CCOCC3)cc2)c2c(C(C)C)[nH]nc2n1. The van der Waals surface area contributed by atoms with Gasteiger partial charge in [0, 0.05) is 24.5 Å². The molecule has 7 heteroatoms. The van der Waals surface area contributed by atoms with Crippen LogP contribution in [0.25, 0.3) is 22.2 Å². The molecular formula is C22H26N4O3. The second-order valence-corrected chi connectivity index (χ2v) is 7.41. The molecule has 1 fully saturated rings. The molecule has 1 aliphatic heterocycles. The van der Waals surface area contributed by atoms with Gasteiger partial charge in [0.05, 0.1) is 25.2 Å². The molecule has 0 amide bonds. The van der Waals surface area contributed by atoms with Crippen molar-refractivity contribution >= 4 is 22.7 Å². The van der Waals surface area contributed by atoms with E-state index in [1.165, 1.54) is 5.69 Å². The molecule has 7 nitrogen and oxygen atoms in total. The Bertz CT molecular complexity index is 1000. The Morgan fingerprint density at radius 1 is 1.24 bits per heavy atom. The van der Waals surface area contributed by atoms with Crippen LogP contribution < -0.4 is 4.90 Å². The highest BCUT2D eigenvalue weighted by molar-refractivity contribution is 6.00. The van der Waals surface area contributed by atoms with E-state index >= 15 is 0 Å². The Labute approximate surface area is 170 Å². The Balaban J connectivity index is 1.79. The van der Waals surface area contributed by atoms with Gasteiger partial charge in [0.2, 0.25) is 0 Å². The zero-order valence-electron chi connectivity index (χ0n) is 17.1. The van der Waals surface area contributed by atoms with Gasteiger partial charge < -0.3 is 14.4 Å². The van der Waals surface area contributed by atoms with Crippen molar-refractivity contribution in [3.63, 3.8) is 0 Å². The highest BCUT2D eigenvalue weighted by Gasteiger charge is 2.20. The summed E-state index contributed by atoms with van der Waals surface area (Å²) in [6.07, 6.45) is 0. The molecule has 0 spiro atoms. The second-order valence-electron chi connectivity index (χ2n) is 7.41. The van der Waals surface area contributed by atoms with Crippen LogP contribution in [0.3, 0.4) is 0 Å². The van der Waals surface area contributed by atoms with Gasteiger partial charge in [-0.3, -0.25) is 5.10 Å². The summed E-state index contributed by atoms with van der Waals surface area (Å²) in [6, 6.07) is 10.2. The summed E-state index contributed by atoms with van der Waals surface area (Å²) >= 11 is 0. The van der Waals surface area contributed by atoms with Crippen molar-refractivity contribution in [3.8, 4) is 11.1 Å². The van der Waals surface area contributed by atoms with E-state index in [0.717, 1.165) is 48.5 Å². The van der Waals surface area contributed by atoms with Gasteiger partial charge in [-0.25, -0.2) is 9.78 Å². The summed E-state index contributed by atoms with van der Waals surface area (Å²) in [6.45, 7) is 9.60. The van der Waals surface area contributed by atoms with Crippen LogP contribution in [0.2, 0.25) is 0 Å². The minimum atomic E-state index is -0.435. The number of aromatic amines is 1. The van der Waals surface area contributed by atoms with Crippen molar-refractivity contribution in [1.82, 2.24) is 15.2 Å². The lowest BCUT2D eigenvalue weighted by atomic mass is 9.97. The number of hydrogen-bond acceptors (Lipinski definition) is 6. The summed E-state index contributed by atoms with van der Waals surface area (Å²) < 4.78 is 10.6. The largest absolute Gasteiger partial charge is 0.461 e. The van der Waals surface area contributed by atoms with E-state index in [1.807, 2.05) is 6.07 Å². The first-order chi connectivity index (χ1) is 14.1. The fourth-order valence-corrected chi connectivity index (χ4v) is 3.68. The number of esters is 1. The van der Waals surface area contributed by atoms with Crippen molar-refractivity contribution in [2.75, 3.05) is 37.8 Å². The lowest BCUT2D eigenvalue weighted by Crippen LogP contribution is -2.36. The van der Waals surface area contributed by atoms with Crippen LogP contribution in [0.5, 0.6) is 0 Å².